The molecular formula is C34H34F2IN8O3S+. The van der Waals surface area contributed by atoms with Crippen LogP contribution in [0.15, 0.2) is 93.8 Å². The van der Waals surface area contributed by atoms with Gasteiger partial charge in [-0.05, 0) is 96.2 Å². The van der Waals surface area contributed by atoms with Gasteiger partial charge in [0.1, 0.15) is 28.9 Å². The van der Waals surface area contributed by atoms with Gasteiger partial charge in [-0.15, -0.1) is 11.3 Å². The summed E-state index contributed by atoms with van der Waals surface area (Å²) < 4.78 is 33.3. The summed E-state index contributed by atoms with van der Waals surface area (Å²) in [6.45, 7) is 3.39. The fraction of sp³-hybridized carbons (Fsp3) is 0.206. The lowest BCUT2D eigenvalue weighted by Gasteiger charge is -2.17. The molecule has 0 fully saturated rings. The zero-order valence-corrected chi connectivity index (χ0v) is 29.6. The van der Waals surface area contributed by atoms with Gasteiger partial charge in [-0.25, -0.2) is 28.5 Å². The third kappa shape index (κ3) is 8.18. The van der Waals surface area contributed by atoms with E-state index in [2.05, 4.69) is 38.3 Å². The Morgan fingerprint density at radius 2 is 1.76 bits per heavy atom. The number of quaternary nitrogens is 1. The maximum atomic E-state index is 15.0. The van der Waals surface area contributed by atoms with E-state index < -0.39 is 29.4 Å². The molecule has 0 aliphatic rings. The molecule has 0 saturated carbocycles. The van der Waals surface area contributed by atoms with Crippen molar-refractivity contribution in [3.63, 3.8) is 0 Å². The standard InChI is InChI=1S/C34H33F2IN8O3S/c1-3-40-33(47)42-23-11-7-21(8-12-23)30-26(19-43(2)18-17-39-15-16-41-38)29-31(46)45(24-13-9-22(37)10-14-24)34(48)44(32(29)49-30)20-25-27(35)5-4-6-28(25)36/h4-16,38-39H,3,17-20H2,1-2H3,(H2,40,42,47)/p+1/b16-15-,41-38?. The van der Waals surface area contributed by atoms with Gasteiger partial charge in [0.05, 0.1) is 24.2 Å². The van der Waals surface area contributed by atoms with E-state index in [0.717, 1.165) is 25.8 Å². The van der Waals surface area contributed by atoms with E-state index in [4.69, 9.17) is 5.53 Å². The van der Waals surface area contributed by atoms with Crippen molar-refractivity contribution in [2.45, 2.75) is 20.0 Å². The SMILES string of the molecule is CCNC(=O)Nc1ccc(-c2sc3c(c2CN(C)CC[NH2+]/C=C\N=N)c(=O)n(-c2ccc(I)cc2)c(=O)n3Cc2c(F)cccc2F)cc1. The summed E-state index contributed by atoms with van der Waals surface area (Å²) in [5, 5.41) is 10.8. The molecule has 5 aromatic rings. The quantitative estimate of drug-likeness (QED) is 0.0715. The lowest BCUT2D eigenvalue weighted by molar-refractivity contribution is -0.587. The number of rotatable bonds is 13. The number of anilines is 1. The first-order chi connectivity index (χ1) is 23.6. The van der Waals surface area contributed by atoms with Gasteiger partial charge in [0.25, 0.3) is 5.56 Å². The summed E-state index contributed by atoms with van der Waals surface area (Å²) in [6.07, 6.45) is 3.06. The number of amides is 2. The minimum absolute atomic E-state index is 0.267. The monoisotopic (exact) mass is 799 g/mol. The molecule has 15 heteroatoms. The second-order valence-corrected chi connectivity index (χ2v) is 13.3. The summed E-state index contributed by atoms with van der Waals surface area (Å²) >= 11 is 3.33. The highest BCUT2D eigenvalue weighted by atomic mass is 127. The predicted octanol–water partition coefficient (Wildman–Crippen LogP) is 5.45. The number of nitrogens with one attached hydrogen (secondary N) is 3. The van der Waals surface area contributed by atoms with Gasteiger partial charge in [0.2, 0.25) is 0 Å². The van der Waals surface area contributed by atoms with Gasteiger partial charge in [0.15, 0.2) is 0 Å². The normalized spacial score (nSPS) is 11.5. The molecule has 2 heterocycles. The van der Waals surface area contributed by atoms with Gasteiger partial charge in [-0.3, -0.25) is 14.3 Å². The molecule has 0 aliphatic carbocycles. The van der Waals surface area contributed by atoms with Crippen LogP contribution in [0.3, 0.4) is 0 Å². The Morgan fingerprint density at radius 1 is 1.06 bits per heavy atom. The Morgan fingerprint density at radius 3 is 2.41 bits per heavy atom. The molecule has 2 amide bonds. The lowest BCUT2D eigenvalue weighted by atomic mass is 10.1. The highest BCUT2D eigenvalue weighted by molar-refractivity contribution is 14.1. The maximum Gasteiger partial charge on any atom is 0.337 e. The number of likely N-dealkylation sites (N-methyl/N-ethyl adjacent to an activating group) is 1. The smallest absolute Gasteiger partial charge is 0.337 e. The second-order valence-electron chi connectivity index (χ2n) is 11.1. The first kappa shape index (κ1) is 35.7. The number of fused-ring (bicyclic) bond motifs is 1. The Kier molecular flexibility index (Phi) is 11.8. The third-order valence-electron chi connectivity index (χ3n) is 7.68. The van der Waals surface area contributed by atoms with E-state index in [9.17, 15) is 14.4 Å². The first-order valence-electron chi connectivity index (χ1n) is 15.3. The number of nitrogens with zero attached hydrogens (tertiary/aromatic N) is 4. The van der Waals surface area contributed by atoms with E-state index >= 15 is 8.78 Å². The van der Waals surface area contributed by atoms with Crippen LogP contribution in [-0.2, 0) is 13.1 Å². The summed E-state index contributed by atoms with van der Waals surface area (Å²) in [5.74, 6) is -1.61. The van der Waals surface area contributed by atoms with Crippen molar-refractivity contribution in [3.05, 3.63) is 126 Å². The molecule has 49 heavy (non-hydrogen) atoms. The van der Waals surface area contributed by atoms with Gasteiger partial charge in [-0.2, -0.15) is 5.11 Å². The predicted molar refractivity (Wildman–Crippen MR) is 195 cm³/mol. The molecule has 2 aromatic heterocycles. The molecule has 5 N–H and O–H groups in total. The van der Waals surface area contributed by atoms with Crippen molar-refractivity contribution in [1.29, 1.82) is 5.53 Å². The van der Waals surface area contributed by atoms with E-state index in [1.54, 1.807) is 42.6 Å². The molecule has 254 valence electrons. The number of nitrogens with two attached hydrogens (primary N) is 1. The number of thiophene rings is 1. The van der Waals surface area contributed by atoms with Crippen LogP contribution in [0, 0.1) is 20.7 Å². The van der Waals surface area contributed by atoms with Gasteiger partial charge < -0.3 is 16.0 Å². The molecule has 0 spiro atoms. The Bertz CT molecular complexity index is 2110. The highest BCUT2D eigenvalue weighted by Gasteiger charge is 2.25. The van der Waals surface area contributed by atoms with Gasteiger partial charge in [0, 0.05) is 39.3 Å². The molecule has 0 unspecified atom stereocenters. The fourth-order valence-electron chi connectivity index (χ4n) is 5.34. The minimum atomic E-state index is -0.803. The number of urea groups is 1. The van der Waals surface area contributed by atoms with E-state index in [-0.39, 0.29) is 21.8 Å². The average molecular weight is 800 g/mol. The van der Waals surface area contributed by atoms with E-state index in [1.807, 2.05) is 36.3 Å². The molecule has 0 radical (unpaired) electrons. The van der Waals surface area contributed by atoms with Crippen molar-refractivity contribution in [1.82, 2.24) is 19.4 Å². The zero-order valence-electron chi connectivity index (χ0n) is 26.7. The second kappa shape index (κ2) is 16.2. The maximum absolute atomic E-state index is 15.0. The number of hydrogen-bond acceptors (Lipinski definition) is 7. The van der Waals surface area contributed by atoms with Crippen LogP contribution in [0.25, 0.3) is 26.3 Å². The summed E-state index contributed by atoms with van der Waals surface area (Å²) in [6, 6.07) is 17.2. The van der Waals surface area contributed by atoms with E-state index in [1.165, 1.54) is 28.2 Å². The molecule has 0 aliphatic heterocycles. The molecule has 11 nitrogen and oxygen atoms in total. The Labute approximate surface area is 297 Å². The van der Waals surface area contributed by atoms with Crippen molar-refractivity contribution in [2.75, 3.05) is 32.0 Å². The third-order valence-corrected chi connectivity index (χ3v) is 9.70. The van der Waals surface area contributed by atoms with Crippen LogP contribution < -0.4 is 27.2 Å². The van der Waals surface area contributed by atoms with E-state index in [0.29, 0.717) is 48.0 Å². The molecule has 5 rings (SSSR count). The highest BCUT2D eigenvalue weighted by Crippen LogP contribution is 2.38. The van der Waals surface area contributed by atoms with Gasteiger partial charge in [-0.1, -0.05) is 18.2 Å². The number of carbonyl (C=O) groups is 1. The van der Waals surface area contributed by atoms with Crippen LogP contribution in [0.1, 0.15) is 18.1 Å². The first-order valence-corrected chi connectivity index (χ1v) is 17.2. The topological polar surface area (TPSA) is 141 Å². The van der Waals surface area contributed by atoms with Crippen LogP contribution >= 0.6 is 33.9 Å². The minimum Gasteiger partial charge on any atom is -0.338 e. The molecular weight excluding hydrogens is 765 g/mol. The number of carbonyl (C=O) groups excluding carboxylic acids is 1. The van der Waals surface area contributed by atoms with Crippen LogP contribution in [0.4, 0.5) is 19.3 Å². The van der Waals surface area contributed by atoms with Gasteiger partial charge >= 0.3 is 11.7 Å². The average Bonchev–Trinajstić information content (AvgIpc) is 3.44. The summed E-state index contributed by atoms with van der Waals surface area (Å²) in [5.41, 5.74) is 7.63. The van der Waals surface area contributed by atoms with Crippen molar-refractivity contribution < 1.29 is 18.9 Å². The number of benzene rings is 3. The Balaban J connectivity index is 1.74. The van der Waals surface area contributed by atoms with Crippen LogP contribution in [0.2, 0.25) is 0 Å². The number of aromatic nitrogens is 2. The largest absolute Gasteiger partial charge is 0.338 e. The Hall–Kier alpha value is -4.58. The molecule has 0 saturated heterocycles. The number of hydrogen-bond donors (Lipinski definition) is 4. The number of halogens is 3. The molecule has 0 bridgehead atoms. The zero-order chi connectivity index (χ0) is 35.1. The summed E-state index contributed by atoms with van der Waals surface area (Å²) in [7, 11) is 1.90. The molecule has 0 atom stereocenters. The molecule has 3 aromatic carbocycles. The van der Waals surface area contributed by atoms with Crippen molar-refractivity contribution in [3.8, 4) is 16.1 Å². The van der Waals surface area contributed by atoms with Crippen molar-refractivity contribution in [2.24, 2.45) is 5.11 Å². The summed E-state index contributed by atoms with van der Waals surface area (Å²) in [4.78, 5) is 43.8. The van der Waals surface area contributed by atoms with Crippen LogP contribution in [0.5, 0.6) is 0 Å². The lowest BCUT2D eigenvalue weighted by Crippen LogP contribution is -2.79. The van der Waals surface area contributed by atoms with Crippen LogP contribution in [-0.4, -0.2) is 46.7 Å². The van der Waals surface area contributed by atoms with Crippen molar-refractivity contribution >= 4 is 55.9 Å². The fourth-order valence-corrected chi connectivity index (χ4v) is 7.00.